The summed E-state index contributed by atoms with van der Waals surface area (Å²) in [5.41, 5.74) is 5.02. The van der Waals surface area contributed by atoms with Gasteiger partial charge in [-0.2, -0.15) is 5.10 Å². The average molecular weight is 427 g/mol. The number of anilines is 2. The van der Waals surface area contributed by atoms with Crippen LogP contribution in [-0.2, 0) is 0 Å². The van der Waals surface area contributed by atoms with E-state index in [2.05, 4.69) is 32.0 Å². The van der Waals surface area contributed by atoms with E-state index in [0.29, 0.717) is 0 Å². The Balaban J connectivity index is 1.34. The molecule has 0 aliphatic carbocycles. The van der Waals surface area contributed by atoms with E-state index in [9.17, 15) is 0 Å². The van der Waals surface area contributed by atoms with E-state index in [1.807, 2.05) is 72.5 Å². The molecule has 1 aliphatic rings. The molecule has 2 aromatic heterocycles. The number of ether oxygens (including phenoxy) is 1. The fourth-order valence-corrected chi connectivity index (χ4v) is 4.11. The first kappa shape index (κ1) is 20.1. The minimum absolute atomic E-state index is 0.758. The molecular weight excluding hydrogens is 400 g/mol. The van der Waals surface area contributed by atoms with Gasteiger partial charge >= 0.3 is 0 Å². The lowest BCUT2D eigenvalue weighted by Gasteiger charge is -2.36. The van der Waals surface area contributed by atoms with Crippen LogP contribution in [0.1, 0.15) is 5.69 Å². The van der Waals surface area contributed by atoms with Gasteiger partial charge in [0.15, 0.2) is 0 Å². The standard InChI is InChI=1S/C25H26N6O/c1-19-21(18-31(28-19)20-8-4-3-5-9-20)22-12-13-26-25(27-22)30-16-14-29(15-17-30)23-10-6-7-11-24(23)32-2/h3-13,18H,14-17H2,1-2H3. The normalized spacial score (nSPS) is 13.9. The maximum absolute atomic E-state index is 5.53. The van der Waals surface area contributed by atoms with Gasteiger partial charge in [-0.15, -0.1) is 0 Å². The highest BCUT2D eigenvalue weighted by Crippen LogP contribution is 2.29. The number of benzene rings is 2. The summed E-state index contributed by atoms with van der Waals surface area (Å²) < 4.78 is 7.43. The molecule has 0 bridgehead atoms. The zero-order valence-corrected chi connectivity index (χ0v) is 18.3. The quantitative estimate of drug-likeness (QED) is 0.481. The van der Waals surface area contributed by atoms with E-state index >= 15 is 0 Å². The topological polar surface area (TPSA) is 59.3 Å². The molecule has 0 atom stereocenters. The van der Waals surface area contributed by atoms with Crippen molar-refractivity contribution in [1.82, 2.24) is 19.7 Å². The van der Waals surface area contributed by atoms with E-state index in [1.165, 1.54) is 0 Å². The van der Waals surface area contributed by atoms with Crippen molar-refractivity contribution in [3.05, 3.63) is 78.8 Å². The first-order chi connectivity index (χ1) is 15.7. The van der Waals surface area contributed by atoms with Crippen molar-refractivity contribution in [2.24, 2.45) is 0 Å². The summed E-state index contributed by atoms with van der Waals surface area (Å²) in [4.78, 5) is 14.0. The number of aryl methyl sites for hydroxylation is 1. The number of hydrogen-bond donors (Lipinski definition) is 0. The molecule has 32 heavy (non-hydrogen) atoms. The lowest BCUT2D eigenvalue weighted by Crippen LogP contribution is -2.47. The largest absolute Gasteiger partial charge is 0.495 e. The first-order valence-corrected chi connectivity index (χ1v) is 10.8. The highest BCUT2D eigenvalue weighted by atomic mass is 16.5. The van der Waals surface area contributed by atoms with Crippen LogP contribution >= 0.6 is 0 Å². The monoisotopic (exact) mass is 426 g/mol. The summed E-state index contributed by atoms with van der Waals surface area (Å²) in [5.74, 6) is 1.67. The second kappa shape index (κ2) is 8.70. The van der Waals surface area contributed by atoms with Crippen LogP contribution in [0, 0.1) is 6.92 Å². The number of hydrogen-bond acceptors (Lipinski definition) is 6. The summed E-state index contributed by atoms with van der Waals surface area (Å²) in [6.07, 6.45) is 3.87. The Morgan fingerprint density at radius 3 is 2.34 bits per heavy atom. The molecule has 162 valence electrons. The fourth-order valence-electron chi connectivity index (χ4n) is 4.11. The van der Waals surface area contributed by atoms with Gasteiger partial charge in [0.25, 0.3) is 0 Å². The molecule has 1 aliphatic heterocycles. The highest BCUT2D eigenvalue weighted by molar-refractivity contribution is 5.63. The molecule has 1 fully saturated rings. The Morgan fingerprint density at radius 1 is 0.844 bits per heavy atom. The van der Waals surface area contributed by atoms with Gasteiger partial charge in [-0.25, -0.2) is 14.6 Å². The van der Waals surface area contributed by atoms with Crippen LogP contribution in [0.25, 0.3) is 16.9 Å². The summed E-state index contributed by atoms with van der Waals surface area (Å²) in [6, 6.07) is 20.2. The predicted molar refractivity (Wildman–Crippen MR) is 127 cm³/mol. The lowest BCUT2D eigenvalue weighted by atomic mass is 10.2. The molecule has 0 radical (unpaired) electrons. The molecule has 5 rings (SSSR count). The van der Waals surface area contributed by atoms with Gasteiger partial charge in [-0.1, -0.05) is 30.3 Å². The molecule has 3 heterocycles. The molecule has 7 nitrogen and oxygen atoms in total. The van der Waals surface area contributed by atoms with Gasteiger partial charge in [0, 0.05) is 44.1 Å². The van der Waals surface area contributed by atoms with Crippen LogP contribution in [-0.4, -0.2) is 53.0 Å². The van der Waals surface area contributed by atoms with Crippen molar-refractivity contribution in [3.8, 4) is 22.7 Å². The third-order valence-electron chi connectivity index (χ3n) is 5.83. The van der Waals surface area contributed by atoms with Gasteiger partial charge in [0.2, 0.25) is 5.95 Å². The van der Waals surface area contributed by atoms with Crippen LogP contribution in [0.15, 0.2) is 73.1 Å². The minimum Gasteiger partial charge on any atom is -0.495 e. The molecule has 0 saturated carbocycles. The van der Waals surface area contributed by atoms with Crippen molar-refractivity contribution in [1.29, 1.82) is 0 Å². The lowest BCUT2D eigenvalue weighted by molar-refractivity contribution is 0.413. The van der Waals surface area contributed by atoms with Crippen molar-refractivity contribution < 1.29 is 4.74 Å². The van der Waals surface area contributed by atoms with E-state index in [1.54, 1.807) is 7.11 Å². The van der Waals surface area contributed by atoms with E-state index in [-0.39, 0.29) is 0 Å². The minimum atomic E-state index is 0.758. The Bertz CT molecular complexity index is 1200. The maximum atomic E-state index is 5.53. The number of nitrogens with zero attached hydrogens (tertiary/aromatic N) is 6. The van der Waals surface area contributed by atoms with Crippen molar-refractivity contribution in [3.63, 3.8) is 0 Å². The predicted octanol–water partition coefficient (Wildman–Crippen LogP) is 3.97. The second-order valence-corrected chi connectivity index (χ2v) is 7.80. The summed E-state index contributed by atoms with van der Waals surface area (Å²) >= 11 is 0. The van der Waals surface area contributed by atoms with Crippen LogP contribution in [0.2, 0.25) is 0 Å². The van der Waals surface area contributed by atoms with Crippen LogP contribution in [0.4, 0.5) is 11.6 Å². The second-order valence-electron chi connectivity index (χ2n) is 7.80. The van der Waals surface area contributed by atoms with E-state index in [4.69, 9.17) is 9.72 Å². The first-order valence-electron chi connectivity index (χ1n) is 10.8. The zero-order valence-electron chi connectivity index (χ0n) is 18.3. The van der Waals surface area contributed by atoms with Crippen molar-refractivity contribution >= 4 is 11.6 Å². The molecule has 4 aromatic rings. The maximum Gasteiger partial charge on any atom is 0.225 e. The Hall–Kier alpha value is -3.87. The molecule has 0 N–H and O–H groups in total. The number of aromatic nitrogens is 4. The molecule has 1 saturated heterocycles. The Kier molecular flexibility index (Phi) is 5.46. The number of para-hydroxylation sites is 3. The van der Waals surface area contributed by atoms with Gasteiger partial charge in [-0.3, -0.25) is 0 Å². The number of rotatable bonds is 5. The van der Waals surface area contributed by atoms with Crippen LogP contribution < -0.4 is 14.5 Å². The van der Waals surface area contributed by atoms with Gasteiger partial charge in [-0.05, 0) is 37.3 Å². The summed E-state index contributed by atoms with van der Waals surface area (Å²) in [7, 11) is 1.72. The van der Waals surface area contributed by atoms with Gasteiger partial charge < -0.3 is 14.5 Å². The van der Waals surface area contributed by atoms with Crippen LogP contribution in [0.5, 0.6) is 5.75 Å². The molecule has 2 aromatic carbocycles. The van der Waals surface area contributed by atoms with E-state index in [0.717, 1.165) is 66.2 Å². The third kappa shape index (κ3) is 3.89. The molecule has 0 spiro atoms. The van der Waals surface area contributed by atoms with Gasteiger partial charge in [0.05, 0.1) is 29.9 Å². The number of piperazine rings is 1. The smallest absolute Gasteiger partial charge is 0.225 e. The molecule has 7 heteroatoms. The summed E-state index contributed by atoms with van der Waals surface area (Å²) in [6.45, 7) is 5.49. The SMILES string of the molecule is COc1ccccc1N1CCN(c2nccc(-c3cn(-c4ccccc4)nc3C)n2)CC1. The molecule has 0 amide bonds. The third-order valence-corrected chi connectivity index (χ3v) is 5.83. The molecular formula is C25H26N6O. The Morgan fingerprint density at radius 2 is 1.56 bits per heavy atom. The Labute approximate surface area is 187 Å². The highest BCUT2D eigenvalue weighted by Gasteiger charge is 2.22. The number of methoxy groups -OCH3 is 1. The van der Waals surface area contributed by atoms with Crippen LogP contribution in [0.3, 0.4) is 0 Å². The summed E-state index contributed by atoms with van der Waals surface area (Å²) in [5, 5.41) is 4.68. The fraction of sp³-hybridized carbons (Fsp3) is 0.240. The average Bonchev–Trinajstić information content (AvgIpc) is 3.26. The van der Waals surface area contributed by atoms with Crippen molar-refractivity contribution in [2.75, 3.05) is 43.1 Å². The van der Waals surface area contributed by atoms with E-state index < -0.39 is 0 Å². The molecule has 0 unspecified atom stereocenters. The van der Waals surface area contributed by atoms with Gasteiger partial charge in [0.1, 0.15) is 5.75 Å². The zero-order chi connectivity index (χ0) is 21.9. The van der Waals surface area contributed by atoms with Crippen molar-refractivity contribution in [2.45, 2.75) is 6.92 Å².